The minimum absolute atomic E-state index is 0.0874. The van der Waals surface area contributed by atoms with Gasteiger partial charge in [-0.05, 0) is 49.7 Å². The summed E-state index contributed by atoms with van der Waals surface area (Å²) in [7, 11) is -4.12. The number of hydrogen-bond donors (Lipinski definition) is 2. The van der Waals surface area contributed by atoms with E-state index in [2.05, 4.69) is 21.5 Å². The van der Waals surface area contributed by atoms with Gasteiger partial charge in [0.25, 0.3) is 10.0 Å². The second-order valence-electron chi connectivity index (χ2n) is 6.78. The van der Waals surface area contributed by atoms with Crippen molar-refractivity contribution in [2.24, 2.45) is 0 Å². The predicted octanol–water partition coefficient (Wildman–Crippen LogP) is 5.03. The smallest absolute Gasteiger partial charge is 0.416 e. The van der Waals surface area contributed by atoms with Crippen LogP contribution in [0, 0.1) is 18.8 Å². The number of nitrogens with one attached hydrogen (secondary N) is 1. The van der Waals surface area contributed by atoms with Gasteiger partial charge in [0.05, 0.1) is 31.4 Å². The highest BCUT2D eigenvalue weighted by Crippen LogP contribution is 2.32. The number of anilines is 1. The van der Waals surface area contributed by atoms with Crippen molar-refractivity contribution >= 4 is 43.2 Å². The van der Waals surface area contributed by atoms with Crippen molar-refractivity contribution in [2.45, 2.75) is 37.3 Å². The number of carboxylic acids is 1. The third kappa shape index (κ3) is 5.77. The minimum Gasteiger partial charge on any atom is -0.481 e. The lowest BCUT2D eigenvalue weighted by Gasteiger charge is -2.13. The zero-order valence-corrected chi connectivity index (χ0v) is 18.3. The summed E-state index contributed by atoms with van der Waals surface area (Å²) in [6.45, 7) is 1.79. The quantitative estimate of drug-likeness (QED) is 0.379. The topological polar surface area (TPSA) is 96.4 Å². The van der Waals surface area contributed by atoms with Crippen LogP contribution in [0.25, 0.3) is 10.2 Å². The van der Waals surface area contributed by atoms with E-state index in [1.165, 1.54) is 23.5 Å². The molecule has 2 N–H and O–H groups in total. The van der Waals surface area contributed by atoms with Gasteiger partial charge in [0, 0.05) is 18.4 Å². The van der Waals surface area contributed by atoms with Crippen molar-refractivity contribution in [3.63, 3.8) is 0 Å². The molecule has 3 rings (SSSR count). The Hall–Kier alpha value is -3.10. The molecule has 0 aliphatic heterocycles. The molecule has 3 aromatic rings. The van der Waals surface area contributed by atoms with Crippen molar-refractivity contribution in [3.05, 3.63) is 52.5 Å². The zero-order chi connectivity index (χ0) is 23.5. The van der Waals surface area contributed by atoms with Crippen molar-refractivity contribution in [2.75, 3.05) is 4.72 Å². The molecule has 0 saturated heterocycles. The van der Waals surface area contributed by atoms with Crippen LogP contribution in [0.15, 0.2) is 41.3 Å². The molecule has 0 radical (unpaired) electrons. The molecule has 6 nitrogen and oxygen atoms in total. The number of hydrogen-bond acceptors (Lipinski definition) is 5. The van der Waals surface area contributed by atoms with Gasteiger partial charge >= 0.3 is 12.1 Å². The number of carbonyl (C=O) groups is 1. The van der Waals surface area contributed by atoms with E-state index in [1.54, 1.807) is 13.0 Å². The fourth-order valence-corrected chi connectivity index (χ4v) is 4.70. The number of thiazole rings is 1. The van der Waals surface area contributed by atoms with Crippen LogP contribution in [-0.2, 0) is 21.0 Å². The molecule has 1 heterocycles. The molecular weight excluding hydrogens is 465 g/mol. The molecule has 0 aliphatic rings. The Morgan fingerprint density at radius 1 is 1.22 bits per heavy atom. The van der Waals surface area contributed by atoms with Gasteiger partial charge in [-0.1, -0.05) is 11.8 Å². The van der Waals surface area contributed by atoms with Crippen LogP contribution in [0.2, 0.25) is 0 Å². The van der Waals surface area contributed by atoms with Gasteiger partial charge in [-0.3, -0.25) is 9.52 Å². The van der Waals surface area contributed by atoms with Crippen LogP contribution in [-0.4, -0.2) is 24.5 Å². The van der Waals surface area contributed by atoms with E-state index in [0.29, 0.717) is 5.52 Å². The number of rotatable bonds is 6. The summed E-state index contributed by atoms with van der Waals surface area (Å²) in [5.41, 5.74) is -0.751. The summed E-state index contributed by atoms with van der Waals surface area (Å²) in [6, 6.07) is 6.93. The second kappa shape index (κ2) is 9.18. The third-order valence-corrected chi connectivity index (χ3v) is 6.60. The van der Waals surface area contributed by atoms with Gasteiger partial charge in [0.1, 0.15) is 0 Å². The first-order valence-corrected chi connectivity index (χ1v) is 11.6. The SMILES string of the molecule is Cc1nc2cc(S(=O)(=O)Nc3ccc(C(F)(F)F)cc3C#CCCCC(=O)O)ccc2s1. The van der Waals surface area contributed by atoms with Crippen LogP contribution in [0.4, 0.5) is 18.9 Å². The number of benzene rings is 2. The minimum atomic E-state index is -4.63. The molecule has 0 amide bonds. The number of sulfonamides is 1. The summed E-state index contributed by atoms with van der Waals surface area (Å²) in [5, 5.41) is 9.42. The maximum Gasteiger partial charge on any atom is 0.416 e. The Morgan fingerprint density at radius 3 is 2.66 bits per heavy atom. The van der Waals surface area contributed by atoms with Crippen molar-refractivity contribution in [1.82, 2.24) is 4.98 Å². The molecule has 1 aromatic heterocycles. The largest absolute Gasteiger partial charge is 0.481 e. The average molecular weight is 483 g/mol. The van der Waals surface area contributed by atoms with Gasteiger partial charge in [0.2, 0.25) is 0 Å². The Balaban J connectivity index is 1.93. The predicted molar refractivity (Wildman–Crippen MR) is 115 cm³/mol. The lowest BCUT2D eigenvalue weighted by molar-refractivity contribution is -0.138. The monoisotopic (exact) mass is 482 g/mol. The van der Waals surface area contributed by atoms with E-state index in [9.17, 15) is 26.4 Å². The standard InChI is InChI=1S/C21H17F3N2O4S2/c1-13-25-18-12-16(8-10-19(18)31-13)32(29,30)26-17-9-7-15(21(22,23)24)11-14(17)5-3-2-4-6-20(27)28/h7-12,26H,2,4,6H2,1H3,(H,27,28). The van der Waals surface area contributed by atoms with Gasteiger partial charge < -0.3 is 5.11 Å². The first-order valence-electron chi connectivity index (χ1n) is 9.27. The summed E-state index contributed by atoms with van der Waals surface area (Å²) in [5.74, 6) is 4.12. The Kier molecular flexibility index (Phi) is 6.76. The second-order valence-corrected chi connectivity index (χ2v) is 9.69. The number of aryl methyl sites for hydroxylation is 1. The lowest BCUT2D eigenvalue weighted by atomic mass is 10.1. The average Bonchev–Trinajstić information content (AvgIpc) is 3.06. The molecule has 0 unspecified atom stereocenters. The highest BCUT2D eigenvalue weighted by atomic mass is 32.2. The molecule has 0 fully saturated rings. The number of alkyl halides is 3. The highest BCUT2D eigenvalue weighted by Gasteiger charge is 2.31. The van der Waals surface area contributed by atoms with Crippen LogP contribution < -0.4 is 4.72 Å². The number of unbranched alkanes of at least 4 members (excludes halogenated alkanes) is 1. The van der Waals surface area contributed by atoms with E-state index in [4.69, 9.17) is 5.11 Å². The summed E-state index contributed by atoms with van der Waals surface area (Å²) in [6.07, 6.45) is -4.41. The van der Waals surface area contributed by atoms with Crippen LogP contribution >= 0.6 is 11.3 Å². The van der Waals surface area contributed by atoms with Crippen LogP contribution in [0.1, 0.15) is 35.4 Å². The number of halogens is 3. The Morgan fingerprint density at radius 2 is 1.97 bits per heavy atom. The molecule has 168 valence electrons. The third-order valence-electron chi connectivity index (χ3n) is 4.28. The van der Waals surface area contributed by atoms with Gasteiger partial charge in [-0.15, -0.1) is 11.3 Å². The normalized spacial score (nSPS) is 11.8. The number of carboxylic acid groups (broad SMARTS) is 1. The first-order chi connectivity index (χ1) is 15.0. The molecule has 11 heteroatoms. The molecule has 0 atom stereocenters. The fraction of sp³-hybridized carbons (Fsp3) is 0.238. The summed E-state index contributed by atoms with van der Waals surface area (Å²) < 4.78 is 68.2. The molecule has 0 saturated carbocycles. The number of aromatic nitrogens is 1. The summed E-state index contributed by atoms with van der Waals surface area (Å²) in [4.78, 5) is 14.7. The van der Waals surface area contributed by atoms with Crippen LogP contribution in [0.3, 0.4) is 0 Å². The van der Waals surface area contributed by atoms with E-state index >= 15 is 0 Å². The van der Waals surface area contributed by atoms with E-state index < -0.39 is 27.7 Å². The number of fused-ring (bicyclic) bond motifs is 1. The molecule has 2 aromatic carbocycles. The first kappa shape index (κ1) is 23.6. The Bertz CT molecular complexity index is 1340. The van der Waals surface area contributed by atoms with E-state index in [1.807, 2.05) is 0 Å². The molecule has 0 spiro atoms. The van der Waals surface area contributed by atoms with Crippen molar-refractivity contribution in [1.29, 1.82) is 0 Å². The highest BCUT2D eigenvalue weighted by molar-refractivity contribution is 7.92. The molecule has 0 bridgehead atoms. The zero-order valence-electron chi connectivity index (χ0n) is 16.7. The Labute approximate surface area is 186 Å². The lowest BCUT2D eigenvalue weighted by Crippen LogP contribution is -2.14. The van der Waals surface area contributed by atoms with Gasteiger partial charge in [-0.25, -0.2) is 13.4 Å². The van der Waals surface area contributed by atoms with Crippen LogP contribution in [0.5, 0.6) is 0 Å². The summed E-state index contributed by atoms with van der Waals surface area (Å²) >= 11 is 1.41. The number of nitrogens with zero attached hydrogens (tertiary/aromatic N) is 1. The maximum absolute atomic E-state index is 13.1. The van der Waals surface area contributed by atoms with Gasteiger partial charge in [-0.2, -0.15) is 13.2 Å². The van der Waals surface area contributed by atoms with Crippen molar-refractivity contribution < 1.29 is 31.5 Å². The van der Waals surface area contributed by atoms with Gasteiger partial charge in [0.15, 0.2) is 0 Å². The molecule has 0 aliphatic carbocycles. The molecule has 32 heavy (non-hydrogen) atoms. The fourth-order valence-electron chi connectivity index (χ4n) is 2.79. The van der Waals surface area contributed by atoms with Crippen molar-refractivity contribution in [3.8, 4) is 11.8 Å². The molecular formula is C21H17F3N2O4S2. The number of aliphatic carboxylic acids is 1. The maximum atomic E-state index is 13.1. The van der Waals surface area contributed by atoms with E-state index in [0.717, 1.165) is 27.9 Å². The van der Waals surface area contributed by atoms with E-state index in [-0.39, 0.29) is 35.4 Å².